The fraction of sp³-hybridized carbons (Fsp3) is 0.0800. The minimum atomic E-state index is -0.385. The highest BCUT2D eigenvalue weighted by Crippen LogP contribution is 2.23. The van der Waals surface area contributed by atoms with Crippen LogP contribution in [-0.2, 0) is 11.2 Å². The van der Waals surface area contributed by atoms with E-state index in [4.69, 9.17) is 4.74 Å². The zero-order chi connectivity index (χ0) is 23.0. The van der Waals surface area contributed by atoms with Crippen LogP contribution in [-0.4, -0.2) is 16.9 Å². The predicted molar refractivity (Wildman–Crippen MR) is 131 cm³/mol. The molecule has 3 aromatic carbocycles. The van der Waals surface area contributed by atoms with Crippen molar-refractivity contribution in [2.45, 2.75) is 13.3 Å². The second-order valence-electron chi connectivity index (χ2n) is 7.26. The highest BCUT2D eigenvalue weighted by Gasteiger charge is 2.11. The van der Waals surface area contributed by atoms with Gasteiger partial charge >= 0.3 is 6.03 Å². The van der Waals surface area contributed by atoms with Gasteiger partial charge in [0.05, 0.1) is 12.1 Å². The second kappa shape index (κ2) is 10.4. The number of thiazole rings is 1. The van der Waals surface area contributed by atoms with E-state index in [1.165, 1.54) is 11.3 Å². The molecule has 0 unspecified atom stereocenters. The van der Waals surface area contributed by atoms with Crippen LogP contribution in [0, 0.1) is 6.92 Å². The van der Waals surface area contributed by atoms with Gasteiger partial charge in [-0.3, -0.25) is 10.1 Å². The first-order valence-electron chi connectivity index (χ1n) is 10.3. The molecule has 166 valence electrons. The lowest BCUT2D eigenvalue weighted by Crippen LogP contribution is -2.19. The molecule has 0 aliphatic rings. The number of anilines is 3. The Morgan fingerprint density at radius 1 is 0.848 bits per heavy atom. The van der Waals surface area contributed by atoms with Gasteiger partial charge < -0.3 is 15.4 Å². The molecule has 8 heteroatoms. The summed E-state index contributed by atoms with van der Waals surface area (Å²) in [6, 6.07) is 23.7. The van der Waals surface area contributed by atoms with Gasteiger partial charge in [0, 0.05) is 16.8 Å². The number of para-hydroxylation sites is 1. The lowest BCUT2D eigenvalue weighted by Gasteiger charge is -2.08. The Kier molecular flexibility index (Phi) is 6.96. The van der Waals surface area contributed by atoms with Crippen molar-refractivity contribution in [1.29, 1.82) is 0 Å². The monoisotopic (exact) mass is 458 g/mol. The number of hydrogen-bond donors (Lipinski definition) is 3. The summed E-state index contributed by atoms with van der Waals surface area (Å²) in [5.41, 5.74) is 2.98. The Bertz CT molecular complexity index is 1240. The predicted octanol–water partition coefficient (Wildman–Crippen LogP) is 6.07. The molecular formula is C25H22N4O3S. The number of benzene rings is 3. The van der Waals surface area contributed by atoms with E-state index in [-0.39, 0.29) is 18.4 Å². The van der Waals surface area contributed by atoms with Crippen LogP contribution in [0.3, 0.4) is 0 Å². The zero-order valence-electron chi connectivity index (χ0n) is 17.9. The summed E-state index contributed by atoms with van der Waals surface area (Å²) in [5, 5.41) is 10.5. The maximum atomic E-state index is 12.4. The topological polar surface area (TPSA) is 92.4 Å². The fourth-order valence-corrected chi connectivity index (χ4v) is 3.73. The Labute approximate surface area is 195 Å². The van der Waals surface area contributed by atoms with Crippen molar-refractivity contribution in [2.24, 2.45) is 0 Å². The molecule has 0 bridgehead atoms. The van der Waals surface area contributed by atoms with Gasteiger partial charge in [0.2, 0.25) is 5.91 Å². The van der Waals surface area contributed by atoms with Gasteiger partial charge in [0.1, 0.15) is 11.5 Å². The molecule has 1 aromatic heterocycles. The van der Waals surface area contributed by atoms with Crippen molar-refractivity contribution in [3.05, 3.63) is 95.5 Å². The SMILES string of the molecule is Cc1cccc(NC(=O)Nc2nc(CC(=O)Nc3ccc(Oc4ccccc4)cc3)cs2)c1. The largest absolute Gasteiger partial charge is 0.457 e. The first-order chi connectivity index (χ1) is 16.0. The van der Waals surface area contributed by atoms with Gasteiger partial charge in [-0.15, -0.1) is 11.3 Å². The average Bonchev–Trinajstić information content (AvgIpc) is 3.22. The number of nitrogens with one attached hydrogen (secondary N) is 3. The average molecular weight is 459 g/mol. The van der Waals surface area contributed by atoms with Crippen molar-refractivity contribution < 1.29 is 14.3 Å². The number of urea groups is 1. The molecule has 0 spiro atoms. The van der Waals surface area contributed by atoms with Crippen molar-refractivity contribution >= 4 is 39.8 Å². The molecule has 4 aromatic rings. The van der Waals surface area contributed by atoms with Gasteiger partial charge in [-0.05, 0) is 61.0 Å². The van der Waals surface area contributed by atoms with E-state index in [2.05, 4.69) is 20.9 Å². The Morgan fingerprint density at radius 3 is 2.36 bits per heavy atom. The number of ether oxygens (including phenoxy) is 1. The molecule has 1 heterocycles. The standard InChI is InChI=1S/C25H22N4O3S/c1-17-6-5-7-19(14-17)27-24(31)29-25-28-20(16-33-25)15-23(30)26-18-10-12-22(13-11-18)32-21-8-3-2-4-9-21/h2-14,16H,15H2,1H3,(H,26,30)(H2,27,28,29,31). The van der Waals surface area contributed by atoms with Crippen molar-refractivity contribution in [1.82, 2.24) is 4.98 Å². The highest BCUT2D eigenvalue weighted by molar-refractivity contribution is 7.14. The van der Waals surface area contributed by atoms with E-state index in [0.717, 1.165) is 11.3 Å². The molecule has 33 heavy (non-hydrogen) atoms. The van der Waals surface area contributed by atoms with E-state index in [0.29, 0.717) is 27.9 Å². The third-order valence-corrected chi connectivity index (χ3v) is 5.31. The molecule has 4 rings (SSSR count). The third-order valence-electron chi connectivity index (χ3n) is 4.51. The number of hydrogen-bond acceptors (Lipinski definition) is 5. The molecule has 3 amide bonds. The summed E-state index contributed by atoms with van der Waals surface area (Å²) in [4.78, 5) is 28.9. The van der Waals surface area contributed by atoms with E-state index in [1.54, 1.807) is 29.6 Å². The van der Waals surface area contributed by atoms with Crippen LogP contribution in [0.1, 0.15) is 11.3 Å². The van der Waals surface area contributed by atoms with Crippen LogP contribution in [0.5, 0.6) is 11.5 Å². The molecule has 0 saturated heterocycles. The van der Waals surface area contributed by atoms with Gasteiger partial charge in [-0.2, -0.15) is 0 Å². The maximum absolute atomic E-state index is 12.4. The summed E-state index contributed by atoms with van der Waals surface area (Å²) < 4.78 is 5.75. The van der Waals surface area contributed by atoms with Crippen molar-refractivity contribution in [3.63, 3.8) is 0 Å². The first-order valence-corrected chi connectivity index (χ1v) is 11.1. The molecule has 0 aliphatic heterocycles. The molecule has 0 saturated carbocycles. The van der Waals surface area contributed by atoms with E-state index >= 15 is 0 Å². The summed E-state index contributed by atoms with van der Waals surface area (Å²) in [7, 11) is 0. The number of carbonyl (C=O) groups is 2. The minimum absolute atomic E-state index is 0.0972. The lowest BCUT2D eigenvalue weighted by atomic mass is 10.2. The highest BCUT2D eigenvalue weighted by atomic mass is 32.1. The molecule has 7 nitrogen and oxygen atoms in total. The lowest BCUT2D eigenvalue weighted by molar-refractivity contribution is -0.115. The van der Waals surface area contributed by atoms with Gasteiger partial charge in [0.15, 0.2) is 5.13 Å². The molecule has 0 atom stereocenters. The minimum Gasteiger partial charge on any atom is -0.457 e. The Morgan fingerprint density at radius 2 is 1.61 bits per heavy atom. The smallest absolute Gasteiger partial charge is 0.325 e. The summed E-state index contributed by atoms with van der Waals surface area (Å²) in [5.74, 6) is 1.22. The Balaban J connectivity index is 1.26. The molecule has 3 N–H and O–H groups in total. The number of amides is 3. The number of aryl methyl sites for hydroxylation is 1. The molecule has 0 aliphatic carbocycles. The van der Waals surface area contributed by atoms with Crippen LogP contribution in [0.15, 0.2) is 84.2 Å². The number of rotatable bonds is 7. The Hall–Kier alpha value is -4.17. The summed E-state index contributed by atoms with van der Waals surface area (Å²) in [6.07, 6.45) is 0.0972. The molecular weight excluding hydrogens is 436 g/mol. The molecule has 0 fully saturated rings. The normalized spacial score (nSPS) is 10.3. The van der Waals surface area contributed by atoms with Crippen LogP contribution in [0.2, 0.25) is 0 Å². The van der Waals surface area contributed by atoms with Gasteiger partial charge in [-0.25, -0.2) is 9.78 Å². The van der Waals surface area contributed by atoms with Gasteiger partial charge in [-0.1, -0.05) is 30.3 Å². The maximum Gasteiger partial charge on any atom is 0.325 e. The van der Waals surface area contributed by atoms with Crippen molar-refractivity contribution in [2.75, 3.05) is 16.0 Å². The van der Waals surface area contributed by atoms with Crippen molar-refractivity contribution in [3.8, 4) is 11.5 Å². The quantitative estimate of drug-likeness (QED) is 0.313. The number of aromatic nitrogens is 1. The van der Waals surface area contributed by atoms with Crippen LogP contribution in [0.25, 0.3) is 0 Å². The van der Waals surface area contributed by atoms with Crippen LogP contribution >= 0.6 is 11.3 Å². The van der Waals surface area contributed by atoms with Gasteiger partial charge in [0.25, 0.3) is 0 Å². The van der Waals surface area contributed by atoms with Crippen LogP contribution < -0.4 is 20.7 Å². The summed E-state index contributed by atoms with van der Waals surface area (Å²) >= 11 is 1.26. The molecule has 0 radical (unpaired) electrons. The van der Waals surface area contributed by atoms with E-state index in [9.17, 15) is 9.59 Å². The number of nitrogens with zero attached hydrogens (tertiary/aromatic N) is 1. The number of carbonyl (C=O) groups excluding carboxylic acids is 2. The van der Waals surface area contributed by atoms with E-state index < -0.39 is 0 Å². The van der Waals surface area contributed by atoms with Crippen LogP contribution in [0.4, 0.5) is 21.3 Å². The zero-order valence-corrected chi connectivity index (χ0v) is 18.7. The second-order valence-corrected chi connectivity index (χ2v) is 8.12. The third kappa shape index (κ3) is 6.65. The van der Waals surface area contributed by atoms with E-state index in [1.807, 2.05) is 61.5 Å². The first kappa shape index (κ1) is 22.0. The summed E-state index contributed by atoms with van der Waals surface area (Å²) in [6.45, 7) is 1.95. The fourth-order valence-electron chi connectivity index (χ4n) is 3.03.